The lowest BCUT2D eigenvalue weighted by molar-refractivity contribution is 0.0590. The zero-order valence-electron chi connectivity index (χ0n) is 15.3. The molecule has 1 saturated heterocycles. The molecule has 1 aromatic carbocycles. The third-order valence-corrected chi connectivity index (χ3v) is 7.05. The number of likely N-dealkylation sites (tertiary alicyclic amines) is 1. The minimum atomic E-state index is -0.0470. The van der Waals surface area contributed by atoms with Gasteiger partial charge in [-0.25, -0.2) is 4.98 Å². The van der Waals surface area contributed by atoms with Gasteiger partial charge in [-0.1, -0.05) is 35.1 Å². The van der Waals surface area contributed by atoms with Crippen molar-refractivity contribution in [2.75, 3.05) is 13.1 Å². The van der Waals surface area contributed by atoms with Crippen LogP contribution in [0.15, 0.2) is 41.8 Å². The van der Waals surface area contributed by atoms with Crippen LogP contribution in [0, 0.1) is 0 Å². The van der Waals surface area contributed by atoms with Gasteiger partial charge in [0, 0.05) is 25.9 Å². The molecule has 0 spiro atoms. The lowest BCUT2D eigenvalue weighted by atomic mass is 10.1. The standard InChI is InChI=1S/C20H17ClN4O2S2/c21-13-3-1-4-17-18(13)22-20(29-17)27-12-6-8-25(9-7-12)19(26)15-11-14(23-24-15)16-5-2-10-28-16/h1-5,10-12H,6-9H2,(H,23,24). The summed E-state index contributed by atoms with van der Waals surface area (Å²) >= 11 is 9.31. The summed E-state index contributed by atoms with van der Waals surface area (Å²) in [4.78, 5) is 20.2. The molecule has 4 heterocycles. The number of hydrogen-bond donors (Lipinski definition) is 1. The number of benzene rings is 1. The van der Waals surface area contributed by atoms with E-state index in [0.717, 1.165) is 33.6 Å². The van der Waals surface area contributed by atoms with E-state index in [0.29, 0.717) is 29.0 Å². The van der Waals surface area contributed by atoms with Gasteiger partial charge in [0.25, 0.3) is 11.1 Å². The van der Waals surface area contributed by atoms with Crippen LogP contribution in [0.3, 0.4) is 0 Å². The number of aromatic nitrogens is 3. The Kier molecular flexibility index (Phi) is 4.99. The second-order valence-corrected chi connectivity index (χ2v) is 9.17. The Labute approximate surface area is 180 Å². The molecule has 9 heteroatoms. The first-order chi connectivity index (χ1) is 14.2. The maximum Gasteiger partial charge on any atom is 0.274 e. The topological polar surface area (TPSA) is 71.1 Å². The van der Waals surface area contributed by atoms with Crippen LogP contribution in [0.5, 0.6) is 5.19 Å². The van der Waals surface area contributed by atoms with Crippen molar-refractivity contribution >= 4 is 50.4 Å². The van der Waals surface area contributed by atoms with Gasteiger partial charge in [-0.3, -0.25) is 9.89 Å². The second kappa shape index (κ2) is 7.78. The first-order valence-electron chi connectivity index (χ1n) is 9.27. The van der Waals surface area contributed by atoms with E-state index in [1.54, 1.807) is 11.3 Å². The maximum absolute atomic E-state index is 12.8. The van der Waals surface area contributed by atoms with Crippen LogP contribution in [0.1, 0.15) is 23.3 Å². The Balaban J connectivity index is 1.21. The number of ether oxygens (including phenoxy) is 1. The highest BCUT2D eigenvalue weighted by Gasteiger charge is 2.27. The number of H-pyrrole nitrogens is 1. The number of hydrogen-bond acceptors (Lipinski definition) is 6. The average Bonchev–Trinajstić information content (AvgIpc) is 3.48. The van der Waals surface area contributed by atoms with Crippen LogP contribution >= 0.6 is 34.3 Å². The smallest absolute Gasteiger partial charge is 0.274 e. The monoisotopic (exact) mass is 444 g/mol. The van der Waals surface area contributed by atoms with Gasteiger partial charge in [0.2, 0.25) is 0 Å². The number of halogens is 1. The predicted molar refractivity (Wildman–Crippen MR) is 116 cm³/mol. The van der Waals surface area contributed by atoms with Gasteiger partial charge in [-0.2, -0.15) is 5.10 Å². The van der Waals surface area contributed by atoms with Crippen molar-refractivity contribution in [2.24, 2.45) is 0 Å². The fraction of sp³-hybridized carbons (Fsp3) is 0.250. The van der Waals surface area contributed by atoms with Crippen molar-refractivity contribution in [3.05, 3.63) is 52.5 Å². The summed E-state index contributed by atoms with van der Waals surface area (Å²) < 4.78 is 7.09. The maximum atomic E-state index is 12.8. The molecule has 4 aromatic rings. The molecule has 0 atom stereocenters. The summed E-state index contributed by atoms with van der Waals surface area (Å²) in [6.07, 6.45) is 1.56. The van der Waals surface area contributed by atoms with Crippen molar-refractivity contribution in [1.29, 1.82) is 0 Å². The van der Waals surface area contributed by atoms with E-state index >= 15 is 0 Å². The molecular formula is C20H17ClN4O2S2. The molecule has 5 rings (SSSR count). The third-order valence-electron chi connectivity index (χ3n) is 4.93. The summed E-state index contributed by atoms with van der Waals surface area (Å²) in [5.41, 5.74) is 2.10. The molecule has 1 aliphatic rings. The molecule has 0 saturated carbocycles. The summed E-state index contributed by atoms with van der Waals surface area (Å²) in [7, 11) is 0. The van der Waals surface area contributed by atoms with Crippen molar-refractivity contribution in [2.45, 2.75) is 18.9 Å². The van der Waals surface area contributed by atoms with Crippen LogP contribution in [-0.2, 0) is 0 Å². The molecule has 1 aliphatic heterocycles. The first kappa shape index (κ1) is 18.6. The van der Waals surface area contributed by atoms with E-state index in [2.05, 4.69) is 15.2 Å². The number of piperidine rings is 1. The zero-order chi connectivity index (χ0) is 19.8. The van der Waals surface area contributed by atoms with E-state index in [4.69, 9.17) is 16.3 Å². The molecule has 0 bridgehead atoms. The average molecular weight is 445 g/mol. The highest BCUT2D eigenvalue weighted by molar-refractivity contribution is 7.20. The number of fused-ring (bicyclic) bond motifs is 1. The summed E-state index contributed by atoms with van der Waals surface area (Å²) in [5.74, 6) is -0.0470. The van der Waals surface area contributed by atoms with Gasteiger partial charge in [-0.15, -0.1) is 11.3 Å². The van der Waals surface area contributed by atoms with Crippen molar-refractivity contribution < 1.29 is 9.53 Å². The molecule has 1 amide bonds. The normalized spacial score (nSPS) is 15.1. The third kappa shape index (κ3) is 3.75. The van der Waals surface area contributed by atoms with Crippen molar-refractivity contribution in [1.82, 2.24) is 20.1 Å². The van der Waals surface area contributed by atoms with Crippen molar-refractivity contribution in [3.8, 4) is 15.8 Å². The zero-order valence-corrected chi connectivity index (χ0v) is 17.7. The molecule has 1 fully saturated rings. The Bertz CT molecular complexity index is 1150. The molecular weight excluding hydrogens is 428 g/mol. The van der Waals surface area contributed by atoms with Gasteiger partial charge in [-0.05, 0) is 29.6 Å². The van der Waals surface area contributed by atoms with Crippen LogP contribution in [0.4, 0.5) is 0 Å². The highest BCUT2D eigenvalue weighted by Crippen LogP contribution is 2.33. The number of amides is 1. The highest BCUT2D eigenvalue weighted by atomic mass is 35.5. The molecule has 1 N–H and O–H groups in total. The number of nitrogens with zero attached hydrogens (tertiary/aromatic N) is 3. The Morgan fingerprint density at radius 1 is 1.24 bits per heavy atom. The lowest BCUT2D eigenvalue weighted by Crippen LogP contribution is -2.41. The van der Waals surface area contributed by atoms with E-state index in [-0.39, 0.29) is 12.0 Å². The summed E-state index contributed by atoms with van der Waals surface area (Å²) in [5, 5.41) is 10.4. The Morgan fingerprint density at radius 3 is 2.86 bits per heavy atom. The SMILES string of the molecule is O=C(c1cc(-c2cccs2)[nH]n1)N1CCC(Oc2nc3c(Cl)cccc3s2)CC1. The van der Waals surface area contributed by atoms with Gasteiger partial charge in [0.1, 0.15) is 11.6 Å². The van der Waals surface area contributed by atoms with E-state index in [1.807, 2.05) is 46.7 Å². The van der Waals surface area contributed by atoms with Crippen LogP contribution in [0.2, 0.25) is 5.02 Å². The van der Waals surface area contributed by atoms with E-state index in [1.165, 1.54) is 11.3 Å². The van der Waals surface area contributed by atoms with Gasteiger partial charge in [0.15, 0.2) is 5.69 Å². The lowest BCUT2D eigenvalue weighted by Gasteiger charge is -2.31. The first-order valence-corrected chi connectivity index (χ1v) is 11.3. The quantitative estimate of drug-likeness (QED) is 0.476. The van der Waals surface area contributed by atoms with Gasteiger partial charge < -0.3 is 9.64 Å². The van der Waals surface area contributed by atoms with Crippen LogP contribution < -0.4 is 4.74 Å². The summed E-state index contributed by atoms with van der Waals surface area (Å²) in [6.45, 7) is 1.27. The fourth-order valence-electron chi connectivity index (χ4n) is 3.42. The van der Waals surface area contributed by atoms with E-state index < -0.39 is 0 Å². The number of thiazole rings is 1. The summed E-state index contributed by atoms with van der Waals surface area (Å²) in [6, 6.07) is 11.5. The molecule has 3 aromatic heterocycles. The minimum absolute atomic E-state index is 0.0410. The second-order valence-electron chi connectivity index (χ2n) is 6.82. The van der Waals surface area contributed by atoms with Gasteiger partial charge >= 0.3 is 0 Å². The van der Waals surface area contributed by atoms with Crippen LogP contribution in [0.25, 0.3) is 20.8 Å². The molecule has 29 heavy (non-hydrogen) atoms. The van der Waals surface area contributed by atoms with Gasteiger partial charge in [0.05, 0.1) is 20.3 Å². The molecule has 0 unspecified atom stereocenters. The van der Waals surface area contributed by atoms with E-state index in [9.17, 15) is 4.79 Å². The number of rotatable bonds is 4. The Hall–Kier alpha value is -2.42. The molecule has 0 aliphatic carbocycles. The predicted octanol–water partition coefficient (Wildman–Crippen LogP) is 5.08. The fourth-order valence-corrected chi connectivity index (χ4v) is 5.29. The largest absolute Gasteiger partial charge is 0.467 e. The Morgan fingerprint density at radius 2 is 2.10 bits per heavy atom. The number of nitrogens with one attached hydrogen (secondary N) is 1. The number of aromatic amines is 1. The number of thiophene rings is 1. The molecule has 148 valence electrons. The minimum Gasteiger partial charge on any atom is -0.467 e. The molecule has 0 radical (unpaired) electrons. The van der Waals surface area contributed by atoms with Crippen molar-refractivity contribution in [3.63, 3.8) is 0 Å². The van der Waals surface area contributed by atoms with Crippen LogP contribution in [-0.4, -0.2) is 45.2 Å². The number of carbonyl (C=O) groups excluding carboxylic acids is 1. The number of carbonyl (C=O) groups is 1. The number of para-hydroxylation sites is 1. The molecule has 6 nitrogen and oxygen atoms in total.